The molecule has 5 nitrogen and oxygen atoms in total. The summed E-state index contributed by atoms with van der Waals surface area (Å²) < 4.78 is 13.4. The molecule has 0 aliphatic carbocycles. The highest BCUT2D eigenvalue weighted by Gasteiger charge is 2.33. The second-order valence-corrected chi connectivity index (χ2v) is 4.08. The molecule has 1 heterocycles. The zero-order valence-electron chi connectivity index (χ0n) is 9.01. The molecule has 1 aromatic carbocycles. The smallest absolute Gasteiger partial charge is 0.257 e. The number of nitrogen functional groups attached to an aromatic ring is 1. The quantitative estimate of drug-likeness (QED) is 0.582. The minimum atomic E-state index is -0.983. The molecular formula is C11H13FN2O3. The van der Waals surface area contributed by atoms with E-state index in [-0.39, 0.29) is 24.3 Å². The summed E-state index contributed by atoms with van der Waals surface area (Å²) in [6.45, 7) is -0.0114. The van der Waals surface area contributed by atoms with Gasteiger partial charge in [-0.25, -0.2) is 4.39 Å². The number of benzene rings is 1. The first-order valence-corrected chi connectivity index (χ1v) is 5.19. The number of β-amino-alcohol motifs (C(OH)–C–C–N with tert-alkyl or cyclic N) is 2. The van der Waals surface area contributed by atoms with E-state index in [2.05, 4.69) is 0 Å². The summed E-state index contributed by atoms with van der Waals surface area (Å²) in [4.78, 5) is 13.1. The van der Waals surface area contributed by atoms with Gasteiger partial charge < -0.3 is 20.8 Å². The maximum absolute atomic E-state index is 13.4. The lowest BCUT2D eigenvalue weighted by molar-refractivity contribution is 0.0572. The van der Waals surface area contributed by atoms with Gasteiger partial charge in [0.15, 0.2) is 0 Å². The number of aliphatic hydroxyl groups is 2. The van der Waals surface area contributed by atoms with Crippen LogP contribution in [0.15, 0.2) is 18.2 Å². The fraction of sp³-hybridized carbons (Fsp3) is 0.364. The third-order valence-corrected chi connectivity index (χ3v) is 2.77. The van der Waals surface area contributed by atoms with Crippen molar-refractivity contribution in [2.24, 2.45) is 0 Å². The summed E-state index contributed by atoms with van der Waals surface area (Å²) >= 11 is 0. The van der Waals surface area contributed by atoms with Crippen molar-refractivity contribution < 1.29 is 19.4 Å². The lowest BCUT2D eigenvalue weighted by atomic mass is 10.1. The zero-order valence-corrected chi connectivity index (χ0v) is 9.01. The average molecular weight is 240 g/mol. The summed E-state index contributed by atoms with van der Waals surface area (Å²) in [5.41, 5.74) is 5.62. The molecule has 0 saturated carbocycles. The largest absolute Gasteiger partial charge is 0.399 e. The summed E-state index contributed by atoms with van der Waals surface area (Å²) in [5, 5.41) is 18.7. The molecule has 4 N–H and O–H groups in total. The lowest BCUT2D eigenvalue weighted by Gasteiger charge is -2.15. The second-order valence-electron chi connectivity index (χ2n) is 4.08. The third-order valence-electron chi connectivity index (χ3n) is 2.77. The van der Waals surface area contributed by atoms with Crippen molar-refractivity contribution in [1.82, 2.24) is 4.90 Å². The minimum Gasteiger partial charge on any atom is -0.399 e. The average Bonchev–Trinajstić information content (AvgIpc) is 2.62. The molecule has 0 aromatic heterocycles. The zero-order chi connectivity index (χ0) is 12.6. The standard InChI is InChI=1S/C11H13FN2O3/c12-8-2-1-6(13)3-7(8)11(17)14-4-9(15)10(16)5-14/h1-3,9-10,15-16H,4-5,13H2. The van der Waals surface area contributed by atoms with Gasteiger partial charge in [-0.05, 0) is 18.2 Å². The molecule has 0 radical (unpaired) electrons. The summed E-state index contributed by atoms with van der Waals surface area (Å²) in [7, 11) is 0. The van der Waals surface area contributed by atoms with Crippen LogP contribution >= 0.6 is 0 Å². The maximum atomic E-state index is 13.4. The molecule has 1 aliphatic heterocycles. The van der Waals surface area contributed by atoms with E-state index in [1.165, 1.54) is 17.0 Å². The summed E-state index contributed by atoms with van der Waals surface area (Å²) in [6.07, 6.45) is -1.97. The fourth-order valence-electron chi connectivity index (χ4n) is 1.81. The normalized spacial score (nSPS) is 24.1. The molecule has 1 fully saturated rings. The molecule has 1 saturated heterocycles. The number of carbonyl (C=O) groups is 1. The molecule has 2 rings (SSSR count). The molecule has 0 spiro atoms. The Bertz CT molecular complexity index is 442. The first kappa shape index (κ1) is 11.8. The highest BCUT2D eigenvalue weighted by molar-refractivity contribution is 5.95. The molecule has 17 heavy (non-hydrogen) atoms. The van der Waals surface area contributed by atoms with E-state index in [0.29, 0.717) is 0 Å². The SMILES string of the molecule is Nc1ccc(F)c(C(=O)N2CC(O)C(O)C2)c1. The number of anilines is 1. The maximum Gasteiger partial charge on any atom is 0.257 e. The van der Waals surface area contributed by atoms with Gasteiger partial charge in [0.05, 0.1) is 17.8 Å². The van der Waals surface area contributed by atoms with Crippen LogP contribution in [0.3, 0.4) is 0 Å². The number of nitrogens with zero attached hydrogens (tertiary/aromatic N) is 1. The number of amides is 1. The van der Waals surface area contributed by atoms with E-state index in [1.54, 1.807) is 0 Å². The Labute approximate surface area is 97.3 Å². The Kier molecular flexibility index (Phi) is 2.99. The number of carbonyl (C=O) groups excluding carboxylic acids is 1. The van der Waals surface area contributed by atoms with Crippen LogP contribution in [0.5, 0.6) is 0 Å². The minimum absolute atomic E-state index is 0.00572. The van der Waals surface area contributed by atoms with E-state index < -0.39 is 23.9 Å². The number of hydrogen-bond donors (Lipinski definition) is 3. The van der Waals surface area contributed by atoms with Gasteiger partial charge in [-0.1, -0.05) is 0 Å². The first-order valence-electron chi connectivity index (χ1n) is 5.19. The molecule has 1 amide bonds. The first-order chi connectivity index (χ1) is 7.99. The lowest BCUT2D eigenvalue weighted by Crippen LogP contribution is -2.30. The van der Waals surface area contributed by atoms with Crippen LogP contribution in [-0.4, -0.2) is 46.3 Å². The Hall–Kier alpha value is -1.66. The van der Waals surface area contributed by atoms with Gasteiger partial charge in [0, 0.05) is 18.8 Å². The Morgan fingerprint density at radius 2 is 1.94 bits per heavy atom. The van der Waals surface area contributed by atoms with E-state index in [0.717, 1.165) is 6.07 Å². The van der Waals surface area contributed by atoms with Crippen molar-refractivity contribution in [1.29, 1.82) is 0 Å². The molecule has 1 aliphatic rings. The topological polar surface area (TPSA) is 86.8 Å². The van der Waals surface area contributed by atoms with E-state index in [4.69, 9.17) is 5.73 Å². The van der Waals surface area contributed by atoms with Crippen LogP contribution in [0.1, 0.15) is 10.4 Å². The molecule has 92 valence electrons. The molecular weight excluding hydrogens is 227 g/mol. The predicted octanol–water partition coefficient (Wildman–Crippen LogP) is -0.415. The van der Waals surface area contributed by atoms with Gasteiger partial charge in [0.2, 0.25) is 0 Å². The number of hydrogen-bond acceptors (Lipinski definition) is 4. The van der Waals surface area contributed by atoms with Crippen LogP contribution < -0.4 is 5.73 Å². The molecule has 0 bridgehead atoms. The van der Waals surface area contributed by atoms with Crippen LogP contribution in [0.2, 0.25) is 0 Å². The van der Waals surface area contributed by atoms with Gasteiger partial charge in [0.25, 0.3) is 5.91 Å². The van der Waals surface area contributed by atoms with Crippen LogP contribution in [0.4, 0.5) is 10.1 Å². The highest BCUT2D eigenvalue weighted by Crippen LogP contribution is 2.18. The van der Waals surface area contributed by atoms with Gasteiger partial charge in [-0.3, -0.25) is 4.79 Å². The van der Waals surface area contributed by atoms with E-state index >= 15 is 0 Å². The van der Waals surface area contributed by atoms with Crippen molar-refractivity contribution in [3.8, 4) is 0 Å². The van der Waals surface area contributed by atoms with Gasteiger partial charge in [-0.2, -0.15) is 0 Å². The summed E-state index contributed by atoms with van der Waals surface area (Å²) in [5.74, 6) is -1.24. The van der Waals surface area contributed by atoms with Crippen LogP contribution in [0, 0.1) is 5.82 Å². The molecule has 2 atom stereocenters. The fourth-order valence-corrected chi connectivity index (χ4v) is 1.81. The van der Waals surface area contributed by atoms with Crippen molar-refractivity contribution >= 4 is 11.6 Å². The molecule has 1 aromatic rings. The predicted molar refractivity (Wildman–Crippen MR) is 58.7 cm³/mol. The Balaban J connectivity index is 2.23. The van der Waals surface area contributed by atoms with Crippen molar-refractivity contribution in [3.63, 3.8) is 0 Å². The Morgan fingerprint density at radius 3 is 2.53 bits per heavy atom. The number of likely N-dealkylation sites (tertiary alicyclic amines) is 1. The monoisotopic (exact) mass is 240 g/mol. The van der Waals surface area contributed by atoms with Crippen LogP contribution in [0.25, 0.3) is 0 Å². The van der Waals surface area contributed by atoms with Crippen LogP contribution in [-0.2, 0) is 0 Å². The van der Waals surface area contributed by atoms with Gasteiger partial charge in [-0.15, -0.1) is 0 Å². The van der Waals surface area contributed by atoms with E-state index in [9.17, 15) is 19.4 Å². The van der Waals surface area contributed by atoms with Crippen molar-refractivity contribution in [2.45, 2.75) is 12.2 Å². The summed E-state index contributed by atoms with van der Waals surface area (Å²) in [6, 6.07) is 3.72. The molecule has 6 heteroatoms. The molecule has 2 unspecified atom stereocenters. The number of rotatable bonds is 1. The van der Waals surface area contributed by atoms with Gasteiger partial charge in [0.1, 0.15) is 5.82 Å². The van der Waals surface area contributed by atoms with Crippen molar-refractivity contribution in [2.75, 3.05) is 18.8 Å². The Morgan fingerprint density at radius 1 is 1.35 bits per heavy atom. The third kappa shape index (κ3) is 2.22. The number of nitrogens with two attached hydrogens (primary N) is 1. The number of aliphatic hydroxyl groups excluding tert-OH is 2. The second kappa shape index (κ2) is 4.31. The van der Waals surface area contributed by atoms with E-state index in [1.807, 2.05) is 0 Å². The van der Waals surface area contributed by atoms with Gasteiger partial charge >= 0.3 is 0 Å². The van der Waals surface area contributed by atoms with Crippen molar-refractivity contribution in [3.05, 3.63) is 29.6 Å². The highest BCUT2D eigenvalue weighted by atomic mass is 19.1. The number of halogens is 1.